The van der Waals surface area contributed by atoms with Crippen LogP contribution in [0, 0.1) is 25.4 Å². The predicted molar refractivity (Wildman–Crippen MR) is 178 cm³/mol. The van der Waals surface area contributed by atoms with E-state index in [-0.39, 0.29) is 12.8 Å². The Hall–Kier alpha value is -6.28. The highest BCUT2D eigenvalue weighted by molar-refractivity contribution is 6.15. The lowest BCUT2D eigenvalue weighted by Crippen LogP contribution is -2.48. The van der Waals surface area contributed by atoms with Crippen molar-refractivity contribution in [3.63, 3.8) is 0 Å². The van der Waals surface area contributed by atoms with Gasteiger partial charge in [-0.3, -0.25) is 14.1 Å². The van der Waals surface area contributed by atoms with Gasteiger partial charge < -0.3 is 36.1 Å². The second kappa shape index (κ2) is 15.3. The molecule has 0 spiro atoms. The highest BCUT2D eigenvalue weighted by atomic mass is 16.9. The van der Waals surface area contributed by atoms with Gasteiger partial charge in [0, 0.05) is 69.7 Å². The van der Waals surface area contributed by atoms with Crippen molar-refractivity contribution in [1.29, 1.82) is 0 Å². The molecule has 0 aliphatic carbocycles. The predicted octanol–water partition coefficient (Wildman–Crippen LogP) is 6.85. The number of hydrogen-bond acceptors (Lipinski definition) is 8. The van der Waals surface area contributed by atoms with E-state index in [1.165, 1.54) is 0 Å². The van der Waals surface area contributed by atoms with Crippen molar-refractivity contribution in [2.24, 2.45) is 0 Å². The van der Waals surface area contributed by atoms with E-state index in [4.69, 9.17) is 30.6 Å². The lowest BCUT2D eigenvalue weighted by atomic mass is 9.79. The molecule has 0 saturated heterocycles. The molecule has 2 aliphatic heterocycles. The number of quaternary nitrogens is 1. The van der Waals surface area contributed by atoms with Crippen LogP contribution in [0.5, 0.6) is 0 Å². The fourth-order valence-corrected chi connectivity index (χ4v) is 6.43. The van der Waals surface area contributed by atoms with Crippen molar-refractivity contribution < 1.29 is 35.2 Å². The third kappa shape index (κ3) is 7.74. The van der Waals surface area contributed by atoms with Crippen LogP contribution in [-0.2, 0) is 9.59 Å². The summed E-state index contributed by atoms with van der Waals surface area (Å²) in [6.45, 7) is 1.13. The zero-order chi connectivity index (χ0) is 34.8. The summed E-state index contributed by atoms with van der Waals surface area (Å²) in [6.07, 6.45) is 1.08. The molecule has 2 aliphatic rings. The number of nitrogens with zero attached hydrogens (tertiary/aromatic N) is 3. The molecule has 14 heteroatoms. The highest BCUT2D eigenvalue weighted by Gasteiger charge is 2.43. The maximum absolute atomic E-state index is 11.5. The molecular weight excluding hydrogens is 624 g/mol. The number of carbonyl (C=O) groups is 2. The van der Waals surface area contributed by atoms with Crippen LogP contribution in [0.1, 0.15) is 47.9 Å². The smallest absolute Gasteiger partial charge is 0.303 e. The van der Waals surface area contributed by atoms with Crippen molar-refractivity contribution >= 4 is 45.8 Å². The summed E-state index contributed by atoms with van der Waals surface area (Å²) in [5.74, 6) is -1.65. The first kappa shape index (κ1) is 34.6. The van der Waals surface area contributed by atoms with Crippen LogP contribution >= 0.6 is 0 Å². The van der Waals surface area contributed by atoms with Crippen molar-refractivity contribution in [3.8, 4) is 0 Å². The molecule has 4 aromatic rings. The molecule has 0 fully saturated rings. The van der Waals surface area contributed by atoms with Crippen LogP contribution in [0.4, 0.5) is 22.7 Å². The minimum Gasteiger partial charge on any atom is -0.481 e. The first-order chi connectivity index (χ1) is 23.0. The van der Waals surface area contributed by atoms with Gasteiger partial charge in [-0.15, -0.1) is 10.1 Å². The number of benzene rings is 4. The summed E-state index contributed by atoms with van der Waals surface area (Å²) in [4.78, 5) is 39.7. The summed E-state index contributed by atoms with van der Waals surface area (Å²) in [6, 6.07) is 33.5. The Balaban J connectivity index is 0.000000588. The number of anilines is 2. The van der Waals surface area contributed by atoms with Gasteiger partial charge in [0.15, 0.2) is 0 Å². The lowest BCUT2D eigenvalue weighted by Gasteiger charge is -2.44. The summed E-state index contributed by atoms with van der Waals surface area (Å²) < 4.78 is 0.422. The van der Waals surface area contributed by atoms with E-state index >= 15 is 0 Å². The quantitative estimate of drug-likeness (QED) is 0.0769. The summed E-state index contributed by atoms with van der Waals surface area (Å²) in [5, 5.41) is 50.9. The van der Waals surface area contributed by atoms with Crippen LogP contribution in [0.25, 0.3) is 11.1 Å². The Morgan fingerprint density at radius 1 is 0.604 bits per heavy atom. The van der Waals surface area contributed by atoms with Crippen molar-refractivity contribution in [1.82, 2.24) is 4.48 Å². The second-order valence-corrected chi connectivity index (χ2v) is 10.9. The normalized spacial score (nSPS) is 12.9. The summed E-state index contributed by atoms with van der Waals surface area (Å²) in [5.41, 5.74) is 11.0. The molecule has 48 heavy (non-hydrogen) atoms. The molecule has 0 amide bonds. The molecule has 0 aromatic heterocycles. The highest BCUT2D eigenvalue weighted by Crippen LogP contribution is 2.55. The number of nitrogens with one attached hydrogen (secondary N) is 1. The van der Waals surface area contributed by atoms with Gasteiger partial charge in [0.1, 0.15) is 11.4 Å². The van der Waals surface area contributed by atoms with Gasteiger partial charge in [-0.2, -0.15) is 0 Å². The maximum atomic E-state index is 11.5. The van der Waals surface area contributed by atoms with Crippen LogP contribution in [-0.4, -0.2) is 50.6 Å². The molecule has 4 N–H and O–H groups in total. The lowest BCUT2D eigenvalue weighted by molar-refractivity contribution is -0.742. The first-order valence-electron chi connectivity index (χ1n) is 14.8. The molecule has 248 valence electrons. The average Bonchev–Trinajstić information content (AvgIpc) is 3.03. The van der Waals surface area contributed by atoms with Gasteiger partial charge in [0.25, 0.3) is 5.09 Å². The minimum absolute atomic E-state index is 0.0592. The SMILES string of the molecule is O=C(O)CCC[N+]1(CCCC(=O)O)c2ccccc2C(=C2c3ccccc3Nc3ccccc32)c2ccccc21.O=[N+]([O-])O.O=[N+]([O-])[O-]. The molecule has 14 nitrogen and oxygen atoms in total. The van der Waals surface area contributed by atoms with Crippen molar-refractivity contribution in [2.45, 2.75) is 25.7 Å². The summed E-state index contributed by atoms with van der Waals surface area (Å²) >= 11 is 0. The Bertz CT molecular complexity index is 1740. The number of hydrogen-bond donors (Lipinski definition) is 4. The zero-order valence-corrected chi connectivity index (χ0v) is 25.5. The van der Waals surface area contributed by atoms with Crippen LogP contribution in [0.3, 0.4) is 0 Å². The molecule has 0 atom stereocenters. The molecule has 6 rings (SSSR count). The fraction of sp³-hybridized carbons (Fsp3) is 0.176. The van der Waals surface area contributed by atoms with Gasteiger partial charge in [-0.05, 0) is 24.3 Å². The van der Waals surface area contributed by atoms with Gasteiger partial charge in [-0.1, -0.05) is 60.7 Å². The number of rotatable bonds is 8. The first-order valence-corrected chi connectivity index (χ1v) is 14.8. The summed E-state index contributed by atoms with van der Waals surface area (Å²) in [7, 11) is 0. The standard InChI is InChI=1S/C34H30N2O4.HNO3.NO3/c37-31(38)19-9-21-36(22-10-20-32(39)40)29-17-7-3-13-25(29)34(26-14-4-8-18-30(26)36)33-23-11-1-5-15-27(23)35-28-16-6-2-12-24(28)33;2*2-1(3)4/h1-8,11-18,35H,9-10,19-22H2,(H-,37,38,39,40);(H,2,3,4);/q;;-1/p+1. The molecule has 0 bridgehead atoms. The van der Waals surface area contributed by atoms with E-state index in [2.05, 4.69) is 78.1 Å². The Morgan fingerprint density at radius 2 is 0.917 bits per heavy atom. The number of fused-ring (bicyclic) bond motifs is 4. The molecule has 0 radical (unpaired) electrons. The average molecular weight is 657 g/mol. The largest absolute Gasteiger partial charge is 0.481 e. The Morgan fingerprint density at radius 3 is 1.29 bits per heavy atom. The van der Waals surface area contributed by atoms with Crippen LogP contribution < -0.4 is 9.80 Å². The number of carboxylic acids is 2. The fourth-order valence-electron chi connectivity index (χ4n) is 6.43. The van der Waals surface area contributed by atoms with Crippen LogP contribution in [0.15, 0.2) is 97.1 Å². The molecule has 2 heterocycles. The van der Waals surface area contributed by atoms with Gasteiger partial charge in [0.05, 0.1) is 31.0 Å². The van der Waals surface area contributed by atoms with Crippen molar-refractivity contribution in [3.05, 3.63) is 145 Å². The topological polar surface area (TPSA) is 216 Å². The minimum atomic E-state index is -1.75. The van der Waals surface area contributed by atoms with E-state index in [0.717, 1.165) is 56.1 Å². The second-order valence-electron chi connectivity index (χ2n) is 10.9. The van der Waals surface area contributed by atoms with Gasteiger partial charge in [-0.25, -0.2) is 0 Å². The van der Waals surface area contributed by atoms with E-state index in [0.29, 0.717) is 30.4 Å². The van der Waals surface area contributed by atoms with E-state index < -0.39 is 22.1 Å². The maximum Gasteiger partial charge on any atom is 0.303 e. The number of carboxylic acid groups (broad SMARTS) is 2. The van der Waals surface area contributed by atoms with E-state index in [1.54, 1.807) is 0 Å². The molecular formula is C34H32N4O10. The third-order valence-electron chi connectivity index (χ3n) is 8.04. The number of para-hydroxylation sites is 4. The monoisotopic (exact) mass is 656 g/mol. The van der Waals surface area contributed by atoms with E-state index in [1.807, 2.05) is 24.3 Å². The zero-order valence-electron chi connectivity index (χ0n) is 25.5. The van der Waals surface area contributed by atoms with Crippen LogP contribution in [0.2, 0.25) is 0 Å². The Labute approximate surface area is 274 Å². The molecule has 0 saturated carbocycles. The van der Waals surface area contributed by atoms with Gasteiger partial charge >= 0.3 is 11.9 Å². The Kier molecular flexibility index (Phi) is 11.1. The van der Waals surface area contributed by atoms with Gasteiger partial charge in [0.2, 0.25) is 0 Å². The molecule has 0 unspecified atom stereocenters. The van der Waals surface area contributed by atoms with Crippen molar-refractivity contribution in [2.75, 3.05) is 18.4 Å². The number of aliphatic carboxylic acids is 2. The van der Waals surface area contributed by atoms with E-state index in [9.17, 15) is 19.8 Å². The third-order valence-corrected chi connectivity index (χ3v) is 8.04. The molecule has 4 aromatic carbocycles.